The Kier molecular flexibility index (Phi) is 10.7. The molecule has 49 heavy (non-hydrogen) atoms. The van der Waals surface area contributed by atoms with Gasteiger partial charge in [0.15, 0.2) is 5.82 Å². The second-order valence-corrected chi connectivity index (χ2v) is 12.8. The number of nitrogens with one attached hydrogen (secondary N) is 1. The minimum absolute atomic E-state index is 0.0901. The quantitative estimate of drug-likeness (QED) is 0.226. The summed E-state index contributed by atoms with van der Waals surface area (Å²) in [5, 5.41) is 2.99. The highest BCUT2D eigenvalue weighted by atomic mass is 16.6. The number of carbonyl (C=O) groups is 4. The molecule has 0 bridgehead atoms. The van der Waals surface area contributed by atoms with Crippen molar-refractivity contribution in [3.05, 3.63) is 78.0 Å². The second kappa shape index (κ2) is 15.5. The largest absolute Gasteiger partial charge is 0.466 e. The first-order valence-electron chi connectivity index (χ1n) is 17.3. The number of fused-ring (bicyclic) bond motifs is 1. The first-order valence-corrected chi connectivity index (χ1v) is 17.3. The highest BCUT2D eigenvalue weighted by Crippen LogP contribution is 2.53. The Labute approximate surface area is 286 Å². The fraction of sp³-hybridized carbons (Fsp3) is 0.459. The Morgan fingerprint density at radius 2 is 1.51 bits per heavy atom. The molecule has 3 aromatic rings. The third-order valence-corrected chi connectivity index (χ3v) is 9.51. The number of amides is 3. The molecule has 258 valence electrons. The topological polar surface area (TPSA) is 134 Å². The van der Waals surface area contributed by atoms with Crippen molar-refractivity contribution in [1.29, 1.82) is 0 Å². The summed E-state index contributed by atoms with van der Waals surface area (Å²) in [5.41, 5.74) is 1.81. The van der Waals surface area contributed by atoms with Crippen LogP contribution in [0.5, 0.6) is 0 Å². The van der Waals surface area contributed by atoms with E-state index in [1.54, 1.807) is 15.9 Å². The van der Waals surface area contributed by atoms with E-state index in [9.17, 15) is 19.2 Å². The number of piperidine rings is 1. The molecule has 3 amide bonds. The molecule has 2 aromatic carbocycles. The zero-order chi connectivity index (χ0) is 34.3. The van der Waals surface area contributed by atoms with E-state index in [1.165, 1.54) is 0 Å². The number of ether oxygens (including phenoxy) is 2. The first kappa shape index (κ1) is 33.9. The van der Waals surface area contributed by atoms with Gasteiger partial charge in [-0.15, -0.1) is 0 Å². The van der Waals surface area contributed by atoms with Crippen molar-refractivity contribution >= 4 is 29.7 Å². The summed E-state index contributed by atoms with van der Waals surface area (Å²) in [7, 11) is 0. The van der Waals surface area contributed by atoms with E-state index in [4.69, 9.17) is 14.5 Å². The molecule has 4 atom stereocenters. The minimum atomic E-state index is -0.860. The fourth-order valence-electron chi connectivity index (χ4n) is 6.74. The Bertz CT molecular complexity index is 1620. The van der Waals surface area contributed by atoms with Gasteiger partial charge in [-0.2, -0.15) is 0 Å². The summed E-state index contributed by atoms with van der Waals surface area (Å²) < 4.78 is 10.6. The molecule has 12 heteroatoms. The van der Waals surface area contributed by atoms with Gasteiger partial charge in [0.1, 0.15) is 17.6 Å². The monoisotopic (exact) mass is 668 g/mol. The number of carbonyl (C=O) groups excluding carboxylic acids is 4. The Morgan fingerprint density at radius 1 is 0.857 bits per heavy atom. The number of benzene rings is 2. The molecule has 12 nitrogen and oxygen atoms in total. The summed E-state index contributed by atoms with van der Waals surface area (Å²) in [4.78, 5) is 67.8. The van der Waals surface area contributed by atoms with Gasteiger partial charge in [0.25, 0.3) is 5.91 Å². The molecule has 1 aromatic heterocycles. The van der Waals surface area contributed by atoms with Crippen molar-refractivity contribution in [2.45, 2.75) is 39.2 Å². The van der Waals surface area contributed by atoms with Gasteiger partial charge in [0.05, 0.1) is 19.1 Å². The van der Waals surface area contributed by atoms with E-state index in [0.29, 0.717) is 70.5 Å². The summed E-state index contributed by atoms with van der Waals surface area (Å²) in [5.74, 6) is 0.441. The molecule has 1 saturated carbocycles. The number of aromatic nitrogens is 2. The molecule has 0 spiro atoms. The standard InChI is InChI=1S/C37H44N6O6/c1-3-5-20-49-37(47)42-18-16-41(17-19-42)35(45)30(21-25-12-8-6-9-13-25)39-34(44)29-22-31(40-33(38-29)26-14-10-7-11-15-26)43-23-27-28(24-43)32(27)36(46)48-4-2/h6-15,22,27-28,30,32H,3-5,16-21,23-24H2,1-2H3,(H,39,44)/t27-,28+,30-,32-/m0/s1. The van der Waals surface area contributed by atoms with Gasteiger partial charge in [-0.1, -0.05) is 74.0 Å². The molecule has 1 aliphatic carbocycles. The number of nitrogens with zero attached hydrogens (tertiary/aromatic N) is 5. The van der Waals surface area contributed by atoms with Gasteiger partial charge in [-0.25, -0.2) is 14.8 Å². The maximum atomic E-state index is 14.0. The number of esters is 1. The van der Waals surface area contributed by atoms with Gasteiger partial charge >= 0.3 is 12.1 Å². The molecule has 2 saturated heterocycles. The molecule has 1 N–H and O–H groups in total. The van der Waals surface area contributed by atoms with Crippen molar-refractivity contribution < 1.29 is 28.7 Å². The number of anilines is 1. The average molecular weight is 669 g/mol. The lowest BCUT2D eigenvalue weighted by molar-refractivity contribution is -0.145. The predicted molar refractivity (Wildman–Crippen MR) is 183 cm³/mol. The van der Waals surface area contributed by atoms with Crippen LogP contribution in [-0.2, 0) is 25.5 Å². The van der Waals surface area contributed by atoms with Crippen LogP contribution in [0.2, 0.25) is 0 Å². The molecule has 0 radical (unpaired) electrons. The Morgan fingerprint density at radius 3 is 2.16 bits per heavy atom. The maximum absolute atomic E-state index is 14.0. The molecule has 3 fully saturated rings. The molecule has 3 aliphatic rings. The molecule has 0 unspecified atom stereocenters. The van der Waals surface area contributed by atoms with Crippen LogP contribution in [0.1, 0.15) is 42.7 Å². The van der Waals surface area contributed by atoms with Crippen molar-refractivity contribution in [3.8, 4) is 11.4 Å². The van der Waals surface area contributed by atoms with Crippen molar-refractivity contribution in [1.82, 2.24) is 25.1 Å². The molecule has 2 aliphatic heterocycles. The second-order valence-electron chi connectivity index (χ2n) is 12.8. The highest BCUT2D eigenvalue weighted by molar-refractivity contribution is 5.97. The fourth-order valence-corrected chi connectivity index (χ4v) is 6.74. The third kappa shape index (κ3) is 8.01. The molecular weight excluding hydrogens is 624 g/mol. The summed E-state index contributed by atoms with van der Waals surface area (Å²) in [6.45, 7) is 7.23. The van der Waals surface area contributed by atoms with E-state index < -0.39 is 11.9 Å². The van der Waals surface area contributed by atoms with Crippen molar-refractivity contribution in [3.63, 3.8) is 0 Å². The van der Waals surface area contributed by atoms with Crippen LogP contribution < -0.4 is 10.2 Å². The van der Waals surface area contributed by atoms with E-state index in [2.05, 4.69) is 15.2 Å². The lowest BCUT2D eigenvalue weighted by Gasteiger charge is -2.36. The van der Waals surface area contributed by atoms with Crippen LogP contribution in [0.4, 0.5) is 10.6 Å². The molecule has 3 heterocycles. The maximum Gasteiger partial charge on any atom is 0.409 e. The Balaban J connectivity index is 1.19. The van der Waals surface area contributed by atoms with Crippen LogP contribution in [-0.4, -0.2) is 102 Å². The van der Waals surface area contributed by atoms with Crippen LogP contribution in [0.15, 0.2) is 66.7 Å². The van der Waals surface area contributed by atoms with Crippen LogP contribution in [0.25, 0.3) is 11.4 Å². The third-order valence-electron chi connectivity index (χ3n) is 9.51. The van der Waals surface area contributed by atoms with Crippen LogP contribution in [0.3, 0.4) is 0 Å². The normalized spacial score (nSPS) is 20.3. The number of piperazine rings is 1. The molecule has 6 rings (SSSR count). The van der Waals surface area contributed by atoms with E-state index in [-0.39, 0.29) is 41.4 Å². The smallest absolute Gasteiger partial charge is 0.409 e. The summed E-state index contributed by atoms with van der Waals surface area (Å²) in [6.07, 6.45) is 1.67. The molecular formula is C37H44N6O6. The van der Waals surface area contributed by atoms with E-state index >= 15 is 0 Å². The Hall–Kier alpha value is -5.00. The van der Waals surface area contributed by atoms with E-state index in [1.807, 2.05) is 74.5 Å². The number of hydrogen-bond acceptors (Lipinski definition) is 9. The summed E-state index contributed by atoms with van der Waals surface area (Å²) in [6, 6.07) is 19.8. The minimum Gasteiger partial charge on any atom is -0.466 e. The van der Waals surface area contributed by atoms with Crippen LogP contribution >= 0.6 is 0 Å². The number of hydrogen-bond donors (Lipinski definition) is 1. The lowest BCUT2D eigenvalue weighted by atomic mass is 10.0. The predicted octanol–water partition coefficient (Wildman–Crippen LogP) is 3.81. The van der Waals surface area contributed by atoms with Gasteiger partial charge < -0.3 is 29.5 Å². The highest BCUT2D eigenvalue weighted by Gasteiger charge is 2.60. The van der Waals surface area contributed by atoms with Gasteiger partial charge in [-0.05, 0) is 30.7 Å². The number of rotatable bonds is 12. The summed E-state index contributed by atoms with van der Waals surface area (Å²) >= 11 is 0. The zero-order valence-corrected chi connectivity index (χ0v) is 28.1. The average Bonchev–Trinajstić information content (AvgIpc) is 3.64. The first-order chi connectivity index (χ1) is 23.9. The van der Waals surface area contributed by atoms with E-state index in [0.717, 1.165) is 24.0 Å². The SMILES string of the molecule is CCCCOC(=O)N1CCN(C(=O)[C@H](Cc2ccccc2)NC(=O)c2cc(N3C[C@@H]4[C@H](C3)[C@@H]4C(=O)OCC)nc(-c3ccccc3)n2)CC1. The zero-order valence-electron chi connectivity index (χ0n) is 28.1. The van der Waals surface area contributed by atoms with Crippen LogP contribution in [0, 0.1) is 17.8 Å². The van der Waals surface area contributed by atoms with Gasteiger partial charge in [0, 0.05) is 57.3 Å². The number of unbranched alkanes of at least 4 members (excludes halogenated alkanes) is 1. The van der Waals surface area contributed by atoms with Gasteiger partial charge in [-0.3, -0.25) is 14.4 Å². The lowest BCUT2D eigenvalue weighted by Crippen LogP contribution is -2.56. The van der Waals surface area contributed by atoms with Crippen molar-refractivity contribution in [2.24, 2.45) is 17.8 Å². The van der Waals surface area contributed by atoms with Gasteiger partial charge in [0.2, 0.25) is 5.91 Å². The van der Waals surface area contributed by atoms with Crippen molar-refractivity contribution in [2.75, 3.05) is 57.4 Å².